The molecule has 104 valence electrons. The predicted octanol–water partition coefficient (Wildman–Crippen LogP) is 0.969. The maximum atomic E-state index is 11.8. The standard InChI is InChI=1S/C12H14Cl2N2O3/c13-7-2-1-3-8(12(7)14)15-11(19)6-16-4-9(17)10(18)5-16/h1-3,9-10,17-18H,4-6H2,(H,15,19)/t9-,10+. The molecular formula is C12H14Cl2N2O3. The molecular weight excluding hydrogens is 291 g/mol. The van der Waals surface area contributed by atoms with Crippen LogP contribution in [0.4, 0.5) is 5.69 Å². The van der Waals surface area contributed by atoms with E-state index in [1.807, 2.05) is 0 Å². The molecule has 0 spiro atoms. The number of nitrogens with zero attached hydrogens (tertiary/aromatic N) is 1. The van der Waals surface area contributed by atoms with Gasteiger partial charge >= 0.3 is 0 Å². The third-order valence-electron chi connectivity index (χ3n) is 2.93. The number of anilines is 1. The third kappa shape index (κ3) is 3.58. The van der Waals surface area contributed by atoms with Gasteiger partial charge in [-0.1, -0.05) is 29.3 Å². The van der Waals surface area contributed by atoms with Crippen LogP contribution in [-0.4, -0.2) is 52.9 Å². The monoisotopic (exact) mass is 304 g/mol. The molecule has 2 rings (SSSR count). The zero-order chi connectivity index (χ0) is 14.0. The van der Waals surface area contributed by atoms with Crippen molar-refractivity contribution in [3.63, 3.8) is 0 Å². The lowest BCUT2D eigenvalue weighted by Gasteiger charge is -2.15. The van der Waals surface area contributed by atoms with Crippen molar-refractivity contribution >= 4 is 34.8 Å². The lowest BCUT2D eigenvalue weighted by molar-refractivity contribution is -0.117. The molecule has 0 saturated carbocycles. The summed E-state index contributed by atoms with van der Waals surface area (Å²) in [6.45, 7) is 0.632. The van der Waals surface area contributed by atoms with Gasteiger partial charge in [0, 0.05) is 13.1 Å². The number of hydrogen-bond acceptors (Lipinski definition) is 4. The van der Waals surface area contributed by atoms with Crippen LogP contribution in [0.3, 0.4) is 0 Å². The van der Waals surface area contributed by atoms with Crippen molar-refractivity contribution in [3.8, 4) is 0 Å². The number of hydrogen-bond donors (Lipinski definition) is 3. The molecule has 2 atom stereocenters. The Bertz CT molecular complexity index is 474. The van der Waals surface area contributed by atoms with Crippen LogP contribution in [-0.2, 0) is 4.79 Å². The third-order valence-corrected chi connectivity index (χ3v) is 3.75. The first-order valence-corrected chi connectivity index (χ1v) is 6.55. The summed E-state index contributed by atoms with van der Waals surface area (Å²) in [7, 11) is 0. The molecule has 1 heterocycles. The molecule has 5 nitrogen and oxygen atoms in total. The van der Waals surface area contributed by atoms with Crippen LogP contribution in [0.15, 0.2) is 18.2 Å². The van der Waals surface area contributed by atoms with Gasteiger partial charge < -0.3 is 15.5 Å². The van der Waals surface area contributed by atoms with E-state index in [9.17, 15) is 15.0 Å². The van der Waals surface area contributed by atoms with Crippen LogP contribution in [0.25, 0.3) is 0 Å². The molecule has 0 unspecified atom stereocenters. The van der Waals surface area contributed by atoms with E-state index >= 15 is 0 Å². The minimum atomic E-state index is -0.803. The number of nitrogens with one attached hydrogen (secondary N) is 1. The molecule has 3 N–H and O–H groups in total. The fraction of sp³-hybridized carbons (Fsp3) is 0.417. The molecule has 1 aromatic rings. The number of carbonyl (C=O) groups excluding carboxylic acids is 1. The van der Waals surface area contributed by atoms with E-state index in [4.69, 9.17) is 23.2 Å². The fourth-order valence-electron chi connectivity index (χ4n) is 1.97. The molecule has 7 heteroatoms. The van der Waals surface area contributed by atoms with E-state index in [1.165, 1.54) is 0 Å². The second-order valence-corrected chi connectivity index (χ2v) is 5.26. The number of carbonyl (C=O) groups is 1. The van der Waals surface area contributed by atoms with Gasteiger partial charge in [0.1, 0.15) is 0 Å². The van der Waals surface area contributed by atoms with Gasteiger partial charge in [-0.25, -0.2) is 0 Å². The molecule has 1 aliphatic rings. The molecule has 1 saturated heterocycles. The predicted molar refractivity (Wildman–Crippen MR) is 73.5 cm³/mol. The molecule has 0 aliphatic carbocycles. The second-order valence-electron chi connectivity index (χ2n) is 4.48. The number of rotatable bonds is 3. The Labute approximate surface area is 120 Å². The summed E-state index contributed by atoms with van der Waals surface area (Å²) in [5, 5.41) is 22.1. The average Bonchev–Trinajstić information content (AvgIpc) is 2.64. The first-order valence-electron chi connectivity index (χ1n) is 5.79. The normalized spacial score (nSPS) is 23.6. The number of aliphatic hydroxyl groups excluding tert-OH is 2. The summed E-state index contributed by atoms with van der Waals surface area (Å²) in [6.07, 6.45) is -1.61. The summed E-state index contributed by atoms with van der Waals surface area (Å²) in [4.78, 5) is 13.5. The Morgan fingerprint density at radius 1 is 1.32 bits per heavy atom. The Balaban J connectivity index is 1.93. The Morgan fingerprint density at radius 2 is 1.95 bits per heavy atom. The van der Waals surface area contributed by atoms with E-state index in [2.05, 4.69) is 5.32 Å². The van der Waals surface area contributed by atoms with E-state index in [0.717, 1.165) is 0 Å². The average molecular weight is 305 g/mol. The topological polar surface area (TPSA) is 72.8 Å². The fourth-order valence-corrected chi connectivity index (χ4v) is 2.32. The molecule has 0 radical (unpaired) electrons. The number of β-amino-alcohol motifs (C(OH)–C–C–N with tert-alkyl or cyclic N) is 2. The van der Waals surface area contributed by atoms with Crippen LogP contribution in [0.2, 0.25) is 10.0 Å². The van der Waals surface area contributed by atoms with Gasteiger partial charge in [0.2, 0.25) is 5.91 Å². The summed E-state index contributed by atoms with van der Waals surface area (Å²) >= 11 is 11.8. The highest BCUT2D eigenvalue weighted by Gasteiger charge is 2.30. The highest BCUT2D eigenvalue weighted by molar-refractivity contribution is 6.43. The van der Waals surface area contributed by atoms with Gasteiger partial charge in [-0.15, -0.1) is 0 Å². The van der Waals surface area contributed by atoms with Crippen molar-refractivity contribution in [2.75, 3.05) is 25.0 Å². The molecule has 1 aromatic carbocycles. The maximum Gasteiger partial charge on any atom is 0.238 e. The zero-order valence-electron chi connectivity index (χ0n) is 10.0. The Morgan fingerprint density at radius 3 is 2.58 bits per heavy atom. The van der Waals surface area contributed by atoms with Gasteiger partial charge in [-0.2, -0.15) is 0 Å². The van der Waals surface area contributed by atoms with Crippen LogP contribution in [0, 0.1) is 0 Å². The van der Waals surface area contributed by atoms with E-state index in [1.54, 1.807) is 23.1 Å². The van der Waals surface area contributed by atoms with Gasteiger partial charge in [0.15, 0.2) is 0 Å². The lowest BCUT2D eigenvalue weighted by Crippen LogP contribution is -2.32. The molecule has 1 amide bonds. The van der Waals surface area contributed by atoms with Crippen molar-refractivity contribution in [1.82, 2.24) is 4.90 Å². The first-order chi connectivity index (χ1) is 8.97. The number of amides is 1. The van der Waals surface area contributed by atoms with E-state index in [0.29, 0.717) is 15.7 Å². The Hall–Kier alpha value is -0.850. The van der Waals surface area contributed by atoms with Crippen molar-refractivity contribution in [1.29, 1.82) is 0 Å². The summed E-state index contributed by atoms with van der Waals surface area (Å²) in [6, 6.07) is 4.97. The Kier molecular flexibility index (Phi) is 4.65. The van der Waals surface area contributed by atoms with Crippen molar-refractivity contribution < 1.29 is 15.0 Å². The number of benzene rings is 1. The molecule has 1 fully saturated rings. The van der Waals surface area contributed by atoms with Crippen molar-refractivity contribution in [2.24, 2.45) is 0 Å². The maximum absolute atomic E-state index is 11.8. The molecule has 19 heavy (non-hydrogen) atoms. The summed E-state index contributed by atoms with van der Waals surface area (Å²) < 4.78 is 0. The van der Waals surface area contributed by atoms with E-state index < -0.39 is 12.2 Å². The molecule has 1 aliphatic heterocycles. The smallest absolute Gasteiger partial charge is 0.238 e. The first kappa shape index (κ1) is 14.6. The minimum absolute atomic E-state index is 0.0803. The van der Waals surface area contributed by atoms with Gasteiger partial charge in [-0.05, 0) is 12.1 Å². The number of aliphatic hydroxyl groups is 2. The van der Waals surface area contributed by atoms with Crippen LogP contribution in [0.1, 0.15) is 0 Å². The number of likely N-dealkylation sites (tertiary alicyclic amines) is 1. The molecule has 0 aromatic heterocycles. The van der Waals surface area contributed by atoms with Crippen molar-refractivity contribution in [2.45, 2.75) is 12.2 Å². The summed E-state index contributed by atoms with van der Waals surface area (Å²) in [5.74, 6) is -0.273. The SMILES string of the molecule is O=C(CN1C[C@@H](O)[C@@H](O)C1)Nc1cccc(Cl)c1Cl. The van der Waals surface area contributed by atoms with Crippen LogP contribution < -0.4 is 5.32 Å². The zero-order valence-corrected chi connectivity index (χ0v) is 11.5. The van der Waals surface area contributed by atoms with Gasteiger partial charge in [0.25, 0.3) is 0 Å². The molecule has 0 bridgehead atoms. The summed E-state index contributed by atoms with van der Waals surface area (Å²) in [5.41, 5.74) is 0.444. The largest absolute Gasteiger partial charge is 0.389 e. The number of halogens is 2. The minimum Gasteiger partial charge on any atom is -0.389 e. The van der Waals surface area contributed by atoms with Crippen LogP contribution >= 0.6 is 23.2 Å². The van der Waals surface area contributed by atoms with Gasteiger partial charge in [-0.3, -0.25) is 9.69 Å². The van der Waals surface area contributed by atoms with Crippen molar-refractivity contribution in [3.05, 3.63) is 28.2 Å². The second kappa shape index (κ2) is 6.07. The van der Waals surface area contributed by atoms with E-state index in [-0.39, 0.29) is 25.5 Å². The lowest BCUT2D eigenvalue weighted by atomic mass is 10.3. The highest BCUT2D eigenvalue weighted by atomic mass is 35.5. The quantitative estimate of drug-likeness (QED) is 0.778. The van der Waals surface area contributed by atoms with Gasteiger partial charge in [0.05, 0.1) is 34.5 Å². The highest BCUT2D eigenvalue weighted by Crippen LogP contribution is 2.29. The van der Waals surface area contributed by atoms with Crippen LogP contribution in [0.5, 0.6) is 0 Å².